The van der Waals surface area contributed by atoms with Gasteiger partial charge in [0, 0.05) is 13.1 Å². The topological polar surface area (TPSA) is 58.6 Å². The van der Waals surface area contributed by atoms with Crippen molar-refractivity contribution >= 4 is 12.0 Å². The van der Waals surface area contributed by atoms with Gasteiger partial charge in [0.1, 0.15) is 11.6 Å². The summed E-state index contributed by atoms with van der Waals surface area (Å²) in [7, 11) is 0. The monoisotopic (exact) mass is 272 g/mol. The molecule has 0 aliphatic carbocycles. The molecular formula is C14H28N2O3. The maximum atomic E-state index is 12.1. The summed E-state index contributed by atoms with van der Waals surface area (Å²) in [4.78, 5) is 25.5. The maximum Gasteiger partial charge on any atom is 0.408 e. The molecule has 0 saturated heterocycles. The van der Waals surface area contributed by atoms with E-state index in [4.69, 9.17) is 4.74 Å². The molecule has 0 heterocycles. The Bertz CT molecular complexity index is 298. The minimum atomic E-state index is -0.563. The van der Waals surface area contributed by atoms with E-state index in [1.54, 1.807) is 32.6 Å². The van der Waals surface area contributed by atoms with Crippen molar-refractivity contribution in [1.82, 2.24) is 10.2 Å². The standard InChI is InChI=1S/C14H28N2O3/c1-7-9-10-16(8-2)12(17)11(3)15-13(18)19-14(4,5)6/h11H,7-10H2,1-6H3,(H,15,18)/t11-/m0/s1. The first-order valence-electron chi connectivity index (χ1n) is 6.99. The van der Waals surface area contributed by atoms with Crippen molar-refractivity contribution in [3.05, 3.63) is 0 Å². The van der Waals surface area contributed by atoms with Crippen molar-refractivity contribution in [3.63, 3.8) is 0 Å². The average molecular weight is 272 g/mol. The Kier molecular flexibility index (Phi) is 7.49. The van der Waals surface area contributed by atoms with Crippen LogP contribution in [0.25, 0.3) is 0 Å². The second-order valence-corrected chi connectivity index (χ2v) is 5.64. The summed E-state index contributed by atoms with van der Waals surface area (Å²) in [6.45, 7) is 12.5. The zero-order valence-corrected chi connectivity index (χ0v) is 13.1. The molecule has 0 fully saturated rings. The number of unbranched alkanes of at least 4 members (excludes halogenated alkanes) is 1. The van der Waals surface area contributed by atoms with Gasteiger partial charge in [-0.3, -0.25) is 4.79 Å². The number of amides is 2. The average Bonchev–Trinajstić information content (AvgIpc) is 2.26. The fourth-order valence-corrected chi connectivity index (χ4v) is 1.59. The van der Waals surface area contributed by atoms with Crippen LogP contribution in [0.5, 0.6) is 0 Å². The van der Waals surface area contributed by atoms with Crippen molar-refractivity contribution in [2.24, 2.45) is 0 Å². The third-order valence-electron chi connectivity index (χ3n) is 2.58. The number of carbonyl (C=O) groups is 2. The summed E-state index contributed by atoms with van der Waals surface area (Å²) in [5.74, 6) is -0.0678. The van der Waals surface area contributed by atoms with Crippen LogP contribution in [0.1, 0.15) is 54.4 Å². The molecule has 0 aromatic carbocycles. The number of hydrogen-bond acceptors (Lipinski definition) is 3. The zero-order chi connectivity index (χ0) is 15.1. The van der Waals surface area contributed by atoms with Gasteiger partial charge in [0.05, 0.1) is 0 Å². The lowest BCUT2D eigenvalue weighted by atomic mass is 10.2. The number of alkyl carbamates (subject to hydrolysis) is 1. The van der Waals surface area contributed by atoms with Crippen LogP contribution < -0.4 is 5.32 Å². The number of likely N-dealkylation sites (N-methyl/N-ethyl adjacent to an activating group) is 1. The Labute approximate surface area is 116 Å². The number of rotatable bonds is 6. The van der Waals surface area contributed by atoms with Gasteiger partial charge in [0.25, 0.3) is 0 Å². The molecule has 0 aromatic rings. The number of carbonyl (C=O) groups excluding carboxylic acids is 2. The normalized spacial score (nSPS) is 12.7. The van der Waals surface area contributed by atoms with E-state index in [2.05, 4.69) is 12.2 Å². The molecule has 0 bridgehead atoms. The number of ether oxygens (including phenoxy) is 1. The van der Waals surface area contributed by atoms with Crippen LogP contribution in [-0.2, 0) is 9.53 Å². The first-order chi connectivity index (χ1) is 8.71. The van der Waals surface area contributed by atoms with Gasteiger partial charge in [-0.25, -0.2) is 4.79 Å². The summed E-state index contributed by atoms with van der Waals surface area (Å²) in [5.41, 5.74) is -0.556. The van der Waals surface area contributed by atoms with Crippen LogP contribution in [0.2, 0.25) is 0 Å². The third-order valence-corrected chi connectivity index (χ3v) is 2.58. The molecule has 0 saturated carbocycles. The van der Waals surface area contributed by atoms with E-state index >= 15 is 0 Å². The highest BCUT2D eigenvalue weighted by atomic mass is 16.6. The highest BCUT2D eigenvalue weighted by molar-refractivity contribution is 5.85. The van der Waals surface area contributed by atoms with Crippen LogP contribution >= 0.6 is 0 Å². The van der Waals surface area contributed by atoms with E-state index in [1.807, 2.05) is 6.92 Å². The van der Waals surface area contributed by atoms with Crippen molar-refractivity contribution in [1.29, 1.82) is 0 Å². The van der Waals surface area contributed by atoms with Crippen LogP contribution in [0.4, 0.5) is 4.79 Å². The van der Waals surface area contributed by atoms with Gasteiger partial charge in [-0.05, 0) is 41.0 Å². The lowest BCUT2D eigenvalue weighted by Crippen LogP contribution is -2.48. The lowest BCUT2D eigenvalue weighted by molar-refractivity contribution is -0.132. The minimum Gasteiger partial charge on any atom is -0.444 e. The molecule has 0 aromatic heterocycles. The van der Waals surface area contributed by atoms with E-state index in [0.29, 0.717) is 6.54 Å². The quantitative estimate of drug-likeness (QED) is 0.808. The number of nitrogens with zero attached hydrogens (tertiary/aromatic N) is 1. The van der Waals surface area contributed by atoms with Gasteiger partial charge in [-0.2, -0.15) is 0 Å². The molecular weight excluding hydrogens is 244 g/mol. The van der Waals surface area contributed by atoms with Crippen LogP contribution in [0.15, 0.2) is 0 Å². The molecule has 0 aliphatic heterocycles. The molecule has 0 rings (SSSR count). The summed E-state index contributed by atoms with van der Waals surface area (Å²) in [6.07, 6.45) is 1.45. The van der Waals surface area contributed by atoms with Crippen LogP contribution in [0, 0.1) is 0 Å². The predicted molar refractivity (Wildman–Crippen MR) is 76.0 cm³/mol. The predicted octanol–water partition coefficient (Wildman–Crippen LogP) is 2.55. The third kappa shape index (κ3) is 7.70. The SMILES string of the molecule is CCCCN(CC)C(=O)[C@H](C)NC(=O)OC(C)(C)C. The Hall–Kier alpha value is -1.26. The first-order valence-corrected chi connectivity index (χ1v) is 6.99. The number of hydrogen-bond donors (Lipinski definition) is 1. The second-order valence-electron chi connectivity index (χ2n) is 5.64. The van der Waals surface area contributed by atoms with Crippen molar-refractivity contribution in [2.45, 2.75) is 66.0 Å². The molecule has 0 aliphatic rings. The lowest BCUT2D eigenvalue weighted by Gasteiger charge is -2.26. The Morgan fingerprint density at radius 1 is 1.26 bits per heavy atom. The molecule has 1 N–H and O–H groups in total. The van der Waals surface area contributed by atoms with Crippen LogP contribution in [0.3, 0.4) is 0 Å². The highest BCUT2D eigenvalue weighted by Gasteiger charge is 2.23. The minimum absolute atomic E-state index is 0.0678. The summed E-state index contributed by atoms with van der Waals surface area (Å²) < 4.78 is 5.13. The van der Waals surface area contributed by atoms with Crippen LogP contribution in [-0.4, -0.2) is 41.6 Å². The largest absolute Gasteiger partial charge is 0.444 e. The highest BCUT2D eigenvalue weighted by Crippen LogP contribution is 2.07. The van der Waals surface area contributed by atoms with Gasteiger partial charge < -0.3 is 15.0 Å². The molecule has 0 radical (unpaired) electrons. The maximum absolute atomic E-state index is 12.1. The molecule has 5 nitrogen and oxygen atoms in total. The van der Waals surface area contributed by atoms with E-state index < -0.39 is 17.7 Å². The molecule has 5 heteroatoms. The van der Waals surface area contributed by atoms with E-state index in [0.717, 1.165) is 19.4 Å². The Morgan fingerprint density at radius 3 is 2.26 bits per heavy atom. The summed E-state index contributed by atoms with van der Waals surface area (Å²) in [6, 6.07) is -0.563. The van der Waals surface area contributed by atoms with E-state index in [9.17, 15) is 9.59 Å². The molecule has 1 atom stereocenters. The van der Waals surface area contributed by atoms with Gasteiger partial charge >= 0.3 is 6.09 Å². The van der Waals surface area contributed by atoms with Crippen molar-refractivity contribution in [2.75, 3.05) is 13.1 Å². The molecule has 0 spiro atoms. The summed E-state index contributed by atoms with van der Waals surface area (Å²) in [5, 5.41) is 2.58. The fourth-order valence-electron chi connectivity index (χ4n) is 1.59. The Balaban J connectivity index is 4.35. The second kappa shape index (κ2) is 8.02. The first kappa shape index (κ1) is 17.7. The molecule has 0 unspecified atom stereocenters. The fraction of sp³-hybridized carbons (Fsp3) is 0.857. The molecule has 112 valence electrons. The van der Waals surface area contributed by atoms with Crippen molar-refractivity contribution < 1.29 is 14.3 Å². The summed E-state index contributed by atoms with van der Waals surface area (Å²) >= 11 is 0. The van der Waals surface area contributed by atoms with E-state index in [1.165, 1.54) is 0 Å². The van der Waals surface area contributed by atoms with E-state index in [-0.39, 0.29) is 5.91 Å². The van der Waals surface area contributed by atoms with Gasteiger partial charge in [0.15, 0.2) is 0 Å². The molecule has 19 heavy (non-hydrogen) atoms. The van der Waals surface area contributed by atoms with Gasteiger partial charge in [-0.1, -0.05) is 13.3 Å². The molecule has 2 amide bonds. The van der Waals surface area contributed by atoms with Gasteiger partial charge in [-0.15, -0.1) is 0 Å². The Morgan fingerprint density at radius 2 is 1.84 bits per heavy atom. The smallest absolute Gasteiger partial charge is 0.408 e. The van der Waals surface area contributed by atoms with Gasteiger partial charge in [0.2, 0.25) is 5.91 Å². The number of nitrogens with one attached hydrogen (secondary N) is 1. The van der Waals surface area contributed by atoms with Crippen molar-refractivity contribution in [3.8, 4) is 0 Å². The zero-order valence-electron chi connectivity index (χ0n) is 13.1.